The van der Waals surface area contributed by atoms with Crippen LogP contribution in [0, 0.1) is 11.6 Å². The van der Waals surface area contributed by atoms with E-state index in [0.29, 0.717) is 18.4 Å². The van der Waals surface area contributed by atoms with Crippen molar-refractivity contribution in [3.05, 3.63) is 65.2 Å². The lowest BCUT2D eigenvalue weighted by atomic mass is 9.87. The Kier molecular flexibility index (Phi) is 5.37. The zero-order valence-corrected chi connectivity index (χ0v) is 15.0. The Labute approximate surface area is 158 Å². The van der Waals surface area contributed by atoms with Crippen LogP contribution in [-0.4, -0.2) is 5.11 Å². The van der Waals surface area contributed by atoms with Gasteiger partial charge in [-0.15, -0.1) is 0 Å². The Bertz CT molecular complexity index is 844. The number of hydrogen-bond donors (Lipinski definition) is 2. The van der Waals surface area contributed by atoms with Crippen molar-refractivity contribution < 1.29 is 22.0 Å². The van der Waals surface area contributed by atoms with E-state index in [1.807, 2.05) is 0 Å². The first-order valence-corrected chi connectivity index (χ1v) is 8.82. The van der Waals surface area contributed by atoms with Crippen molar-refractivity contribution in [1.29, 1.82) is 0 Å². The smallest absolute Gasteiger partial charge is 0.353 e. The summed E-state index contributed by atoms with van der Waals surface area (Å²) in [6, 6.07) is 8.47. The molecule has 1 fully saturated rings. The molecule has 0 heterocycles. The fourth-order valence-corrected chi connectivity index (χ4v) is 3.72. The van der Waals surface area contributed by atoms with Gasteiger partial charge in [0.25, 0.3) is 0 Å². The Hall–Kier alpha value is -2.22. The Morgan fingerprint density at radius 2 is 1.67 bits per heavy atom. The number of hydrogen-bond acceptors (Lipinski definition) is 1. The van der Waals surface area contributed by atoms with Gasteiger partial charge in [-0.3, -0.25) is 0 Å². The average molecular weight is 400 g/mol. The van der Waals surface area contributed by atoms with Crippen molar-refractivity contribution in [3.8, 4) is 0 Å². The van der Waals surface area contributed by atoms with Gasteiger partial charge in [0.15, 0.2) is 16.7 Å². The Morgan fingerprint density at radius 3 is 2.30 bits per heavy atom. The summed E-state index contributed by atoms with van der Waals surface area (Å²) in [4.78, 5) is 0. The first kappa shape index (κ1) is 19.5. The summed E-state index contributed by atoms with van der Waals surface area (Å²) in [6.45, 7) is 0. The van der Waals surface area contributed by atoms with E-state index in [2.05, 4.69) is 10.6 Å². The number of rotatable bonds is 3. The fourth-order valence-electron chi connectivity index (χ4n) is 3.41. The van der Waals surface area contributed by atoms with Crippen LogP contribution in [0.3, 0.4) is 0 Å². The van der Waals surface area contributed by atoms with Gasteiger partial charge in [0.05, 0.1) is 11.1 Å². The summed E-state index contributed by atoms with van der Waals surface area (Å²) in [5, 5.41) is 6.01. The molecule has 0 unspecified atom stereocenters. The largest absolute Gasteiger partial charge is 0.416 e. The van der Waals surface area contributed by atoms with Gasteiger partial charge in [0, 0.05) is 11.8 Å². The zero-order valence-electron chi connectivity index (χ0n) is 14.2. The summed E-state index contributed by atoms with van der Waals surface area (Å²) in [6.07, 6.45) is -1.50. The summed E-state index contributed by atoms with van der Waals surface area (Å²) in [7, 11) is 0. The number of thiocarbonyl (C=S) groups is 1. The van der Waals surface area contributed by atoms with Gasteiger partial charge in [-0.1, -0.05) is 25.0 Å². The molecular weight excluding hydrogens is 383 g/mol. The van der Waals surface area contributed by atoms with E-state index >= 15 is 0 Å². The van der Waals surface area contributed by atoms with Gasteiger partial charge in [0.1, 0.15) is 0 Å². The third kappa shape index (κ3) is 4.37. The van der Waals surface area contributed by atoms with Gasteiger partial charge < -0.3 is 10.6 Å². The topological polar surface area (TPSA) is 24.1 Å². The van der Waals surface area contributed by atoms with Gasteiger partial charge >= 0.3 is 6.18 Å². The van der Waals surface area contributed by atoms with Crippen molar-refractivity contribution in [1.82, 2.24) is 5.32 Å². The van der Waals surface area contributed by atoms with Gasteiger partial charge in [-0.2, -0.15) is 13.2 Å². The average Bonchev–Trinajstić information content (AvgIpc) is 3.07. The molecule has 144 valence electrons. The summed E-state index contributed by atoms with van der Waals surface area (Å²) >= 11 is 5.27. The lowest BCUT2D eigenvalue weighted by molar-refractivity contribution is -0.137. The van der Waals surface area contributed by atoms with Gasteiger partial charge in [-0.25, -0.2) is 8.78 Å². The Balaban J connectivity index is 1.83. The maximum Gasteiger partial charge on any atom is 0.416 e. The van der Waals surface area contributed by atoms with Crippen molar-refractivity contribution in [2.45, 2.75) is 37.4 Å². The molecule has 2 nitrogen and oxygen atoms in total. The molecule has 1 aliphatic rings. The predicted molar refractivity (Wildman–Crippen MR) is 97.3 cm³/mol. The zero-order chi connectivity index (χ0) is 19.7. The maximum absolute atomic E-state index is 13.3. The second kappa shape index (κ2) is 7.42. The number of benzene rings is 2. The fraction of sp³-hybridized carbons (Fsp3) is 0.316. The summed E-state index contributed by atoms with van der Waals surface area (Å²) in [5.74, 6) is -1.99. The van der Waals surface area contributed by atoms with Crippen molar-refractivity contribution in [3.63, 3.8) is 0 Å². The van der Waals surface area contributed by atoms with Crippen LogP contribution in [0.2, 0.25) is 0 Å². The highest BCUT2D eigenvalue weighted by molar-refractivity contribution is 7.80. The third-order valence-corrected chi connectivity index (χ3v) is 4.93. The highest BCUT2D eigenvalue weighted by Gasteiger charge is 2.38. The molecule has 0 radical (unpaired) electrons. The second-order valence-electron chi connectivity index (χ2n) is 6.58. The van der Waals surface area contributed by atoms with Gasteiger partial charge in [0.2, 0.25) is 0 Å². The minimum atomic E-state index is -4.43. The quantitative estimate of drug-likeness (QED) is 0.508. The molecule has 27 heavy (non-hydrogen) atoms. The molecule has 0 saturated heterocycles. The van der Waals surface area contributed by atoms with Crippen LogP contribution in [-0.2, 0) is 11.7 Å². The third-order valence-electron chi connectivity index (χ3n) is 4.73. The number of nitrogens with one attached hydrogen (secondary N) is 2. The van der Waals surface area contributed by atoms with Crippen LogP contribution in [0.1, 0.15) is 36.8 Å². The SMILES string of the molecule is Fc1ccc(NC(=S)NC2(c3cccc(C(F)(F)F)c3)CCCC2)cc1F. The first-order chi connectivity index (χ1) is 12.7. The standard InChI is InChI=1S/C19H17F5N2S/c20-15-7-6-14(11-16(15)21)25-17(27)26-18(8-1-2-9-18)12-4-3-5-13(10-12)19(22,23)24/h3-7,10-11H,1-2,8-9H2,(H2,25,26,27). The summed E-state index contributed by atoms with van der Waals surface area (Å²) in [5.41, 5.74) is -0.690. The monoisotopic (exact) mass is 400 g/mol. The molecule has 2 aromatic rings. The predicted octanol–water partition coefficient (Wildman–Crippen LogP) is 5.74. The summed E-state index contributed by atoms with van der Waals surface area (Å²) < 4.78 is 65.6. The molecule has 0 bridgehead atoms. The van der Waals surface area contributed by atoms with Crippen LogP contribution < -0.4 is 10.6 Å². The van der Waals surface area contributed by atoms with E-state index in [-0.39, 0.29) is 10.8 Å². The number of halogens is 5. The van der Waals surface area contributed by atoms with Crippen LogP contribution in [0.15, 0.2) is 42.5 Å². The number of anilines is 1. The van der Waals surface area contributed by atoms with Crippen LogP contribution >= 0.6 is 12.2 Å². The van der Waals surface area contributed by atoms with Crippen molar-refractivity contribution >= 4 is 23.0 Å². The maximum atomic E-state index is 13.3. The minimum absolute atomic E-state index is 0.139. The molecule has 0 aromatic heterocycles. The normalized spacial score (nSPS) is 16.2. The molecule has 0 amide bonds. The molecular formula is C19H17F5N2S. The molecule has 1 aliphatic carbocycles. The molecule has 8 heteroatoms. The van der Waals surface area contributed by atoms with Gasteiger partial charge in [-0.05, 0) is 54.9 Å². The van der Waals surface area contributed by atoms with E-state index in [1.54, 1.807) is 6.07 Å². The van der Waals surface area contributed by atoms with Crippen LogP contribution in [0.5, 0.6) is 0 Å². The van der Waals surface area contributed by atoms with Crippen LogP contribution in [0.25, 0.3) is 0 Å². The molecule has 0 spiro atoms. The second-order valence-corrected chi connectivity index (χ2v) is 6.98. The number of alkyl halides is 3. The molecule has 2 N–H and O–H groups in total. The molecule has 2 aromatic carbocycles. The van der Waals surface area contributed by atoms with E-state index in [9.17, 15) is 22.0 Å². The molecule has 0 aliphatic heterocycles. The molecule has 1 saturated carbocycles. The van der Waals surface area contributed by atoms with E-state index in [0.717, 1.165) is 37.1 Å². The van der Waals surface area contributed by atoms with Crippen molar-refractivity contribution in [2.24, 2.45) is 0 Å². The minimum Gasteiger partial charge on any atom is -0.353 e. The highest BCUT2D eigenvalue weighted by atomic mass is 32.1. The first-order valence-electron chi connectivity index (χ1n) is 8.42. The lowest BCUT2D eigenvalue weighted by Gasteiger charge is -2.33. The molecule has 0 atom stereocenters. The van der Waals surface area contributed by atoms with E-state index < -0.39 is 28.9 Å². The molecule has 3 rings (SSSR count). The van der Waals surface area contributed by atoms with Crippen LogP contribution in [0.4, 0.5) is 27.6 Å². The Morgan fingerprint density at radius 1 is 0.963 bits per heavy atom. The van der Waals surface area contributed by atoms with E-state index in [4.69, 9.17) is 12.2 Å². The lowest BCUT2D eigenvalue weighted by Crippen LogP contribution is -2.45. The van der Waals surface area contributed by atoms with E-state index in [1.165, 1.54) is 12.1 Å². The highest BCUT2D eigenvalue weighted by Crippen LogP contribution is 2.41. The van der Waals surface area contributed by atoms with Crippen molar-refractivity contribution in [2.75, 3.05) is 5.32 Å².